The molecule has 5 nitrogen and oxygen atoms in total. The molecule has 2 aromatic rings. The second-order valence-electron chi connectivity index (χ2n) is 4.98. The summed E-state index contributed by atoms with van der Waals surface area (Å²) in [6.45, 7) is 2.64. The van der Waals surface area contributed by atoms with Gasteiger partial charge in [-0.15, -0.1) is 11.8 Å². The predicted molar refractivity (Wildman–Crippen MR) is 93.9 cm³/mol. The first-order valence-corrected chi connectivity index (χ1v) is 8.17. The zero-order valence-electron chi connectivity index (χ0n) is 12.8. The molecule has 0 aliphatic heterocycles. The number of benzene rings is 2. The maximum Gasteiger partial charge on any atom is 0.316 e. The van der Waals surface area contributed by atoms with Crippen LogP contribution in [0.15, 0.2) is 53.4 Å². The molecule has 4 N–H and O–H groups in total. The summed E-state index contributed by atoms with van der Waals surface area (Å²) in [6.07, 6.45) is 0. The number of anilines is 1. The Morgan fingerprint density at radius 2 is 1.70 bits per heavy atom. The molecule has 2 rings (SSSR count). The number of thioether (sulfide) groups is 1. The summed E-state index contributed by atoms with van der Waals surface area (Å²) < 4.78 is 0. The van der Waals surface area contributed by atoms with Crippen LogP contribution in [0.2, 0.25) is 0 Å². The number of nitrogens with one attached hydrogen (secondary N) is 2. The molecular formula is C17H19N3O2S. The highest BCUT2D eigenvalue weighted by Gasteiger charge is 2.05. The van der Waals surface area contributed by atoms with E-state index >= 15 is 0 Å². The molecule has 120 valence electrons. The molecule has 0 bridgehead atoms. The van der Waals surface area contributed by atoms with Crippen LogP contribution in [0.4, 0.5) is 10.5 Å². The lowest BCUT2D eigenvalue weighted by molar-refractivity contribution is 0.0956. The van der Waals surface area contributed by atoms with E-state index in [1.165, 1.54) is 10.5 Å². The average molecular weight is 329 g/mol. The van der Waals surface area contributed by atoms with E-state index in [0.29, 0.717) is 17.8 Å². The van der Waals surface area contributed by atoms with Gasteiger partial charge in [0.15, 0.2) is 0 Å². The Hall–Kier alpha value is -2.47. The van der Waals surface area contributed by atoms with Crippen LogP contribution in [-0.2, 0) is 0 Å². The number of primary amides is 1. The Labute approximate surface area is 139 Å². The smallest absolute Gasteiger partial charge is 0.316 e. The summed E-state index contributed by atoms with van der Waals surface area (Å²) in [5, 5.41) is 5.32. The molecule has 0 saturated heterocycles. The van der Waals surface area contributed by atoms with Gasteiger partial charge in [-0.05, 0) is 43.3 Å². The highest BCUT2D eigenvalue weighted by atomic mass is 32.2. The van der Waals surface area contributed by atoms with Gasteiger partial charge in [-0.1, -0.05) is 17.7 Å². The van der Waals surface area contributed by atoms with Gasteiger partial charge in [-0.2, -0.15) is 0 Å². The topological polar surface area (TPSA) is 84.2 Å². The van der Waals surface area contributed by atoms with Crippen LogP contribution in [0.5, 0.6) is 0 Å². The molecule has 6 heteroatoms. The monoisotopic (exact) mass is 329 g/mol. The minimum absolute atomic E-state index is 0.139. The van der Waals surface area contributed by atoms with Crippen molar-refractivity contribution in [3.63, 3.8) is 0 Å². The zero-order chi connectivity index (χ0) is 16.7. The first-order chi connectivity index (χ1) is 11.0. The van der Waals surface area contributed by atoms with Crippen molar-refractivity contribution in [1.29, 1.82) is 0 Å². The Kier molecular flexibility index (Phi) is 6.05. The highest BCUT2D eigenvalue weighted by Crippen LogP contribution is 2.17. The van der Waals surface area contributed by atoms with Gasteiger partial charge in [0, 0.05) is 28.4 Å². The number of hydrogen-bond acceptors (Lipinski definition) is 3. The highest BCUT2D eigenvalue weighted by molar-refractivity contribution is 7.99. The molecule has 0 fully saturated rings. The fraction of sp³-hybridized carbons (Fsp3) is 0.176. The van der Waals surface area contributed by atoms with E-state index in [9.17, 15) is 9.59 Å². The SMILES string of the molecule is Cc1ccc(SCCNC(=O)c2ccc(NC(N)=O)cc2)cc1. The van der Waals surface area contributed by atoms with Gasteiger partial charge in [-0.25, -0.2) is 4.79 Å². The second kappa shape index (κ2) is 8.24. The number of hydrogen-bond donors (Lipinski definition) is 3. The average Bonchev–Trinajstić information content (AvgIpc) is 2.53. The van der Waals surface area contributed by atoms with E-state index in [0.717, 1.165) is 5.75 Å². The van der Waals surface area contributed by atoms with Crippen molar-refractivity contribution >= 4 is 29.4 Å². The number of carbonyl (C=O) groups excluding carboxylic acids is 2. The van der Waals surface area contributed by atoms with Crippen LogP contribution in [0.1, 0.15) is 15.9 Å². The summed E-state index contributed by atoms with van der Waals surface area (Å²) in [5.74, 6) is 0.663. The van der Waals surface area contributed by atoms with Gasteiger partial charge >= 0.3 is 6.03 Å². The van der Waals surface area contributed by atoms with Crippen molar-refractivity contribution in [2.45, 2.75) is 11.8 Å². The Balaban J connectivity index is 1.76. The number of nitrogens with two attached hydrogens (primary N) is 1. The fourth-order valence-electron chi connectivity index (χ4n) is 1.92. The molecule has 23 heavy (non-hydrogen) atoms. The lowest BCUT2D eigenvalue weighted by Crippen LogP contribution is -2.25. The Morgan fingerprint density at radius 3 is 2.30 bits per heavy atom. The lowest BCUT2D eigenvalue weighted by Gasteiger charge is -2.07. The van der Waals surface area contributed by atoms with E-state index in [1.807, 2.05) is 0 Å². The number of rotatable bonds is 6. The molecule has 0 aliphatic carbocycles. The van der Waals surface area contributed by atoms with Crippen molar-refractivity contribution in [3.8, 4) is 0 Å². The molecule has 0 atom stereocenters. The molecule has 0 saturated carbocycles. The predicted octanol–water partition coefficient (Wildman–Crippen LogP) is 3.01. The van der Waals surface area contributed by atoms with Crippen molar-refractivity contribution in [3.05, 3.63) is 59.7 Å². The fourth-order valence-corrected chi connectivity index (χ4v) is 2.69. The van der Waals surface area contributed by atoms with Gasteiger partial charge in [0.2, 0.25) is 0 Å². The quantitative estimate of drug-likeness (QED) is 0.562. The van der Waals surface area contributed by atoms with Crippen LogP contribution in [-0.4, -0.2) is 24.2 Å². The lowest BCUT2D eigenvalue weighted by atomic mass is 10.2. The molecule has 0 radical (unpaired) electrons. The Bertz CT molecular complexity index is 669. The molecular weight excluding hydrogens is 310 g/mol. The van der Waals surface area contributed by atoms with Gasteiger partial charge in [-0.3, -0.25) is 4.79 Å². The molecule has 0 aliphatic rings. The van der Waals surface area contributed by atoms with E-state index in [2.05, 4.69) is 41.8 Å². The largest absolute Gasteiger partial charge is 0.351 e. The molecule has 2 aromatic carbocycles. The third-order valence-electron chi connectivity index (χ3n) is 3.09. The van der Waals surface area contributed by atoms with Crippen LogP contribution in [0.25, 0.3) is 0 Å². The summed E-state index contributed by atoms with van der Waals surface area (Å²) in [4.78, 5) is 23.9. The minimum atomic E-state index is -0.629. The third-order valence-corrected chi connectivity index (χ3v) is 4.11. The van der Waals surface area contributed by atoms with Crippen molar-refractivity contribution in [2.75, 3.05) is 17.6 Å². The van der Waals surface area contributed by atoms with Crippen LogP contribution >= 0.6 is 11.8 Å². The van der Waals surface area contributed by atoms with E-state index in [-0.39, 0.29) is 5.91 Å². The summed E-state index contributed by atoms with van der Waals surface area (Å²) >= 11 is 1.70. The standard InChI is InChI=1S/C17H19N3O2S/c1-12-2-8-15(9-3-12)23-11-10-19-16(21)13-4-6-14(7-5-13)20-17(18)22/h2-9H,10-11H2,1H3,(H,19,21)(H3,18,20,22). The van der Waals surface area contributed by atoms with E-state index < -0.39 is 6.03 Å². The summed E-state index contributed by atoms with van der Waals surface area (Å²) in [5.41, 5.74) is 7.36. The van der Waals surface area contributed by atoms with Crippen molar-refractivity contribution in [1.82, 2.24) is 5.32 Å². The molecule has 0 heterocycles. The maximum absolute atomic E-state index is 12.0. The first-order valence-electron chi connectivity index (χ1n) is 7.19. The van der Waals surface area contributed by atoms with Gasteiger partial charge < -0.3 is 16.4 Å². The van der Waals surface area contributed by atoms with Crippen molar-refractivity contribution in [2.24, 2.45) is 5.73 Å². The van der Waals surface area contributed by atoms with Gasteiger partial charge in [0.1, 0.15) is 0 Å². The maximum atomic E-state index is 12.0. The molecule has 0 spiro atoms. The van der Waals surface area contributed by atoms with Crippen molar-refractivity contribution < 1.29 is 9.59 Å². The number of urea groups is 1. The molecule has 0 aromatic heterocycles. The molecule has 0 unspecified atom stereocenters. The van der Waals surface area contributed by atoms with Crippen LogP contribution in [0.3, 0.4) is 0 Å². The van der Waals surface area contributed by atoms with Crippen LogP contribution < -0.4 is 16.4 Å². The van der Waals surface area contributed by atoms with E-state index in [4.69, 9.17) is 5.73 Å². The molecule has 3 amide bonds. The van der Waals surface area contributed by atoms with Crippen LogP contribution in [0, 0.1) is 6.92 Å². The Morgan fingerprint density at radius 1 is 1.04 bits per heavy atom. The van der Waals surface area contributed by atoms with Gasteiger partial charge in [0.05, 0.1) is 0 Å². The van der Waals surface area contributed by atoms with Gasteiger partial charge in [0.25, 0.3) is 5.91 Å². The number of amides is 3. The first kappa shape index (κ1) is 16.9. The van der Waals surface area contributed by atoms with E-state index in [1.54, 1.807) is 36.0 Å². The summed E-state index contributed by atoms with van der Waals surface area (Å²) in [6, 6.07) is 14.2. The number of carbonyl (C=O) groups is 2. The number of aryl methyl sites for hydroxylation is 1. The third kappa shape index (κ3) is 5.67. The summed E-state index contributed by atoms with van der Waals surface area (Å²) in [7, 11) is 0. The minimum Gasteiger partial charge on any atom is -0.351 e. The second-order valence-corrected chi connectivity index (χ2v) is 6.15. The zero-order valence-corrected chi connectivity index (χ0v) is 13.7. The normalized spacial score (nSPS) is 10.1.